The first-order valence-electron chi connectivity index (χ1n) is 15.5. The molecule has 10 atom stereocenters. The van der Waals surface area contributed by atoms with Crippen LogP contribution in [0.1, 0.15) is 89.7 Å². The van der Waals surface area contributed by atoms with Crippen LogP contribution in [-0.2, 0) is 0 Å². The summed E-state index contributed by atoms with van der Waals surface area (Å²) in [6, 6.07) is 21.7. The molecule has 0 heterocycles. The van der Waals surface area contributed by atoms with Crippen LogP contribution in [0.2, 0.25) is 0 Å². The van der Waals surface area contributed by atoms with E-state index in [1.165, 1.54) is 42.4 Å². The molecule has 0 amide bonds. The van der Waals surface area contributed by atoms with Crippen LogP contribution >= 0.6 is 0 Å². The Morgan fingerprint density at radius 3 is 2.08 bits per heavy atom. The second kappa shape index (κ2) is 10.3. The highest BCUT2D eigenvalue weighted by molar-refractivity contribution is 5.79. The van der Waals surface area contributed by atoms with E-state index >= 15 is 0 Å². The van der Waals surface area contributed by atoms with Crippen molar-refractivity contribution in [3.8, 4) is 0 Å². The summed E-state index contributed by atoms with van der Waals surface area (Å²) in [5.74, 6) is 3.53. The number of benzene rings is 2. The van der Waals surface area contributed by atoms with Crippen molar-refractivity contribution in [1.82, 2.24) is 0 Å². The van der Waals surface area contributed by atoms with Gasteiger partial charge in [-0.1, -0.05) is 87.5 Å². The number of rotatable bonds is 5. The van der Waals surface area contributed by atoms with E-state index in [0.717, 1.165) is 32.1 Å². The van der Waals surface area contributed by atoms with Gasteiger partial charge in [-0.25, -0.2) is 0 Å². The molecule has 0 aliphatic heterocycles. The Balaban J connectivity index is 1.23. The average Bonchev–Trinajstić information content (AvgIpc) is 3.28. The lowest BCUT2D eigenvalue weighted by atomic mass is 9.43. The van der Waals surface area contributed by atoms with Gasteiger partial charge in [0, 0.05) is 0 Å². The van der Waals surface area contributed by atoms with Crippen molar-refractivity contribution in [2.24, 2.45) is 46.3 Å². The fraction of sp³-hybridized carbons (Fsp3) is 0.611. The molecule has 0 radical (unpaired) electrons. The lowest BCUT2D eigenvalue weighted by Gasteiger charge is -2.62. The lowest BCUT2D eigenvalue weighted by Crippen LogP contribution is -2.58. The van der Waals surface area contributed by atoms with Gasteiger partial charge >= 0.3 is 0 Å². The van der Waals surface area contributed by atoms with E-state index in [0.29, 0.717) is 46.3 Å². The van der Waals surface area contributed by atoms with Crippen molar-refractivity contribution in [2.45, 2.75) is 90.8 Å². The summed E-state index contributed by atoms with van der Waals surface area (Å²) < 4.78 is 0. The highest BCUT2D eigenvalue weighted by Crippen LogP contribution is 2.68. The Labute approximate surface area is 230 Å². The van der Waals surface area contributed by atoms with E-state index in [4.69, 9.17) is 0 Å². The first-order valence-corrected chi connectivity index (χ1v) is 15.5. The summed E-state index contributed by atoms with van der Waals surface area (Å²) in [6.07, 6.45) is 12.3. The molecule has 2 N–H and O–H groups in total. The third kappa shape index (κ3) is 4.40. The van der Waals surface area contributed by atoms with E-state index in [1.807, 2.05) is 0 Å². The van der Waals surface area contributed by atoms with Crippen LogP contribution in [0.4, 0.5) is 0 Å². The SMILES string of the molecule is C[C@H](CC=C(c1ccccc1)c1ccccc1)[C@H]1CCC2C3C(O)C[C@@H]4C[C@H](O)CC[C@]4(C)C3CC[C@@]21C. The number of fused-ring (bicyclic) bond motifs is 5. The van der Waals surface area contributed by atoms with Gasteiger partial charge in [-0.2, -0.15) is 0 Å². The molecule has 2 heteroatoms. The van der Waals surface area contributed by atoms with Crippen LogP contribution in [-0.4, -0.2) is 22.4 Å². The van der Waals surface area contributed by atoms with Crippen molar-refractivity contribution >= 4 is 5.57 Å². The predicted molar refractivity (Wildman–Crippen MR) is 156 cm³/mol. The monoisotopic (exact) mass is 512 g/mol. The summed E-state index contributed by atoms with van der Waals surface area (Å²) in [6.45, 7) is 7.60. The highest BCUT2D eigenvalue weighted by Gasteiger charge is 2.62. The molecule has 4 saturated carbocycles. The summed E-state index contributed by atoms with van der Waals surface area (Å²) in [5.41, 5.74) is 4.58. The van der Waals surface area contributed by atoms with Crippen molar-refractivity contribution in [2.75, 3.05) is 0 Å². The Bertz CT molecular complexity index is 1080. The van der Waals surface area contributed by atoms with Gasteiger partial charge in [-0.05, 0) is 121 Å². The molecule has 38 heavy (non-hydrogen) atoms. The molecule has 204 valence electrons. The zero-order chi connectivity index (χ0) is 26.5. The number of aliphatic hydroxyl groups is 2. The van der Waals surface area contributed by atoms with Crippen LogP contribution in [0, 0.1) is 46.3 Å². The molecule has 4 unspecified atom stereocenters. The molecular formula is C36H48O2. The summed E-state index contributed by atoms with van der Waals surface area (Å²) >= 11 is 0. The lowest BCUT2D eigenvalue weighted by molar-refractivity contribution is -0.174. The third-order valence-corrected chi connectivity index (χ3v) is 12.3. The van der Waals surface area contributed by atoms with Crippen LogP contribution < -0.4 is 0 Å². The maximum absolute atomic E-state index is 11.6. The molecule has 0 aromatic heterocycles. The van der Waals surface area contributed by atoms with Gasteiger partial charge in [0.2, 0.25) is 0 Å². The number of allylic oxidation sites excluding steroid dienone is 1. The fourth-order valence-electron chi connectivity index (χ4n) is 10.3. The van der Waals surface area contributed by atoms with Gasteiger partial charge in [-0.3, -0.25) is 0 Å². The molecule has 2 nitrogen and oxygen atoms in total. The average molecular weight is 513 g/mol. The molecule has 0 saturated heterocycles. The minimum atomic E-state index is -0.190. The van der Waals surface area contributed by atoms with Gasteiger partial charge < -0.3 is 10.2 Å². The first kappa shape index (κ1) is 26.3. The minimum Gasteiger partial charge on any atom is -0.393 e. The molecule has 0 bridgehead atoms. The Kier molecular flexibility index (Phi) is 7.10. The number of hydrogen-bond donors (Lipinski definition) is 2. The number of hydrogen-bond acceptors (Lipinski definition) is 2. The molecule has 2 aromatic carbocycles. The van der Waals surface area contributed by atoms with E-state index in [2.05, 4.69) is 87.5 Å². The third-order valence-electron chi connectivity index (χ3n) is 12.3. The maximum atomic E-state index is 11.6. The smallest absolute Gasteiger partial charge is 0.0577 e. The first-order chi connectivity index (χ1) is 18.3. The van der Waals surface area contributed by atoms with Crippen molar-refractivity contribution in [3.63, 3.8) is 0 Å². The second-order valence-electron chi connectivity index (χ2n) is 14.0. The van der Waals surface area contributed by atoms with Gasteiger partial charge in [-0.15, -0.1) is 0 Å². The Morgan fingerprint density at radius 2 is 1.42 bits per heavy atom. The summed E-state index contributed by atoms with van der Waals surface area (Å²) in [7, 11) is 0. The Hall–Kier alpha value is -1.90. The Morgan fingerprint density at radius 1 is 0.816 bits per heavy atom. The van der Waals surface area contributed by atoms with Crippen LogP contribution in [0.25, 0.3) is 5.57 Å². The number of aliphatic hydroxyl groups excluding tert-OH is 2. The molecule has 0 spiro atoms. The maximum Gasteiger partial charge on any atom is 0.0577 e. The fourth-order valence-corrected chi connectivity index (χ4v) is 10.3. The van der Waals surface area contributed by atoms with Gasteiger partial charge in [0.1, 0.15) is 0 Å². The summed E-state index contributed by atoms with van der Waals surface area (Å²) in [5, 5.41) is 21.9. The van der Waals surface area contributed by atoms with Crippen LogP contribution in [0.15, 0.2) is 66.7 Å². The van der Waals surface area contributed by atoms with E-state index in [1.54, 1.807) is 0 Å². The standard InChI is InChI=1S/C36H48O2/c1-24(14-15-29(25-10-6-4-7-11-25)26-12-8-5-9-13-26)30-16-17-31-34-32(19-21-36(30,31)3)35(2)20-18-28(37)22-27(35)23-33(34)38/h4-13,15,24,27-28,30-34,37-38H,14,16-23H2,1-3H3/t24-,27+,28-,30-,31?,32?,33?,34?,35+,36-/m1/s1. The molecule has 2 aromatic rings. The molecule has 4 aliphatic rings. The van der Waals surface area contributed by atoms with Gasteiger partial charge in [0.25, 0.3) is 0 Å². The van der Waals surface area contributed by atoms with Crippen molar-refractivity contribution < 1.29 is 10.2 Å². The summed E-state index contributed by atoms with van der Waals surface area (Å²) in [4.78, 5) is 0. The van der Waals surface area contributed by atoms with Crippen LogP contribution in [0.3, 0.4) is 0 Å². The van der Waals surface area contributed by atoms with Crippen molar-refractivity contribution in [1.29, 1.82) is 0 Å². The van der Waals surface area contributed by atoms with Crippen molar-refractivity contribution in [3.05, 3.63) is 77.9 Å². The normalized spacial score (nSPS) is 40.9. The predicted octanol–water partition coefficient (Wildman–Crippen LogP) is 8.14. The van der Waals surface area contributed by atoms with Crippen LogP contribution in [0.5, 0.6) is 0 Å². The zero-order valence-corrected chi connectivity index (χ0v) is 23.7. The molecule has 6 rings (SSSR count). The largest absolute Gasteiger partial charge is 0.393 e. The highest BCUT2D eigenvalue weighted by atomic mass is 16.3. The quantitative estimate of drug-likeness (QED) is 0.424. The topological polar surface area (TPSA) is 40.5 Å². The molecule has 4 aliphatic carbocycles. The van der Waals surface area contributed by atoms with Gasteiger partial charge in [0.05, 0.1) is 12.2 Å². The van der Waals surface area contributed by atoms with E-state index < -0.39 is 0 Å². The zero-order valence-electron chi connectivity index (χ0n) is 23.7. The van der Waals surface area contributed by atoms with E-state index in [-0.39, 0.29) is 12.2 Å². The molecular weight excluding hydrogens is 464 g/mol. The van der Waals surface area contributed by atoms with Gasteiger partial charge in [0.15, 0.2) is 0 Å². The van der Waals surface area contributed by atoms with E-state index in [9.17, 15) is 10.2 Å². The minimum absolute atomic E-state index is 0.160. The molecule has 4 fully saturated rings. The second-order valence-corrected chi connectivity index (χ2v) is 14.0.